The highest BCUT2D eigenvalue weighted by Gasteiger charge is 2.28. The molecule has 0 amide bonds. The zero-order valence-corrected chi connectivity index (χ0v) is 14.7. The van der Waals surface area contributed by atoms with Crippen LogP contribution in [0.3, 0.4) is 0 Å². The number of nitro groups is 1. The lowest BCUT2D eigenvalue weighted by atomic mass is 10.2. The van der Waals surface area contributed by atoms with Crippen molar-refractivity contribution >= 4 is 23.4 Å². The third kappa shape index (κ3) is 5.13. The molecule has 1 N–H and O–H groups in total. The monoisotopic (exact) mass is 336 g/mol. The van der Waals surface area contributed by atoms with Crippen molar-refractivity contribution in [3.05, 3.63) is 39.9 Å². The van der Waals surface area contributed by atoms with E-state index in [1.54, 1.807) is 12.1 Å². The van der Waals surface area contributed by atoms with Crippen molar-refractivity contribution in [1.82, 2.24) is 10.2 Å². The molecule has 0 unspecified atom stereocenters. The number of non-ortho nitro benzene ring substituents is 1. The fraction of sp³-hybridized carbons (Fsp3) is 0.562. The number of benzene rings is 1. The van der Waals surface area contributed by atoms with Gasteiger partial charge in [-0.1, -0.05) is 12.1 Å². The summed E-state index contributed by atoms with van der Waals surface area (Å²) in [6.07, 6.45) is 0. The first-order valence-electron chi connectivity index (χ1n) is 7.82. The summed E-state index contributed by atoms with van der Waals surface area (Å²) in [5, 5.41) is 14.2. The van der Waals surface area contributed by atoms with Crippen LogP contribution in [-0.4, -0.2) is 45.9 Å². The van der Waals surface area contributed by atoms with E-state index in [-0.39, 0.29) is 15.4 Å². The number of rotatable bonds is 4. The van der Waals surface area contributed by atoms with Crippen molar-refractivity contribution in [1.29, 1.82) is 0 Å². The maximum absolute atomic E-state index is 10.9. The topological polar surface area (TPSA) is 70.8 Å². The molecule has 0 saturated carbocycles. The number of hydrogen-bond donors (Lipinski definition) is 1. The van der Waals surface area contributed by atoms with E-state index in [2.05, 4.69) is 29.1 Å². The second kappa shape index (κ2) is 7.68. The maximum atomic E-state index is 10.9. The standard InChI is InChI=1S/C16H24N4O2S/c1-4-17-15(19-8-9-23-16(2,3)12-19)18-11-13-6-5-7-14(10-13)20(21)22/h5-7,10H,4,8-9,11-12H2,1-3H3,(H,17,18). The predicted molar refractivity (Wildman–Crippen MR) is 96.0 cm³/mol. The van der Waals surface area contributed by atoms with E-state index >= 15 is 0 Å². The Hall–Kier alpha value is -1.76. The van der Waals surface area contributed by atoms with Crippen LogP contribution in [0.5, 0.6) is 0 Å². The summed E-state index contributed by atoms with van der Waals surface area (Å²) in [6.45, 7) is 9.69. The molecule has 6 nitrogen and oxygen atoms in total. The zero-order valence-electron chi connectivity index (χ0n) is 13.9. The number of thioether (sulfide) groups is 1. The highest BCUT2D eigenvalue weighted by molar-refractivity contribution is 8.00. The van der Waals surface area contributed by atoms with Crippen LogP contribution < -0.4 is 5.32 Å². The highest BCUT2D eigenvalue weighted by Crippen LogP contribution is 2.29. The molecule has 0 aromatic heterocycles. The Balaban J connectivity index is 2.12. The summed E-state index contributed by atoms with van der Waals surface area (Å²) in [5.41, 5.74) is 0.957. The summed E-state index contributed by atoms with van der Waals surface area (Å²) < 4.78 is 0.208. The molecule has 126 valence electrons. The molecular formula is C16H24N4O2S. The van der Waals surface area contributed by atoms with Gasteiger partial charge in [-0.2, -0.15) is 11.8 Å². The molecule has 1 aliphatic heterocycles. The third-order valence-electron chi connectivity index (χ3n) is 3.59. The summed E-state index contributed by atoms with van der Waals surface area (Å²) in [5.74, 6) is 1.96. The smallest absolute Gasteiger partial charge is 0.269 e. The largest absolute Gasteiger partial charge is 0.357 e. The quantitative estimate of drug-likeness (QED) is 0.396. The number of nitro benzene ring substituents is 1. The Morgan fingerprint density at radius 2 is 2.30 bits per heavy atom. The Morgan fingerprint density at radius 1 is 1.52 bits per heavy atom. The first-order chi connectivity index (χ1) is 10.9. The minimum Gasteiger partial charge on any atom is -0.357 e. The van der Waals surface area contributed by atoms with Crippen LogP contribution in [-0.2, 0) is 6.54 Å². The summed E-state index contributed by atoms with van der Waals surface area (Å²) in [6, 6.07) is 6.67. The summed E-state index contributed by atoms with van der Waals surface area (Å²) >= 11 is 1.98. The first kappa shape index (κ1) is 17.6. The number of aliphatic imine (C=N–C) groups is 1. The van der Waals surface area contributed by atoms with Crippen LogP contribution >= 0.6 is 11.8 Å². The van der Waals surface area contributed by atoms with E-state index in [1.807, 2.05) is 24.8 Å². The lowest BCUT2D eigenvalue weighted by Gasteiger charge is -2.39. The van der Waals surface area contributed by atoms with Gasteiger partial charge in [0.1, 0.15) is 0 Å². The van der Waals surface area contributed by atoms with Gasteiger partial charge in [0.05, 0.1) is 11.5 Å². The van der Waals surface area contributed by atoms with Crippen LogP contribution in [0.4, 0.5) is 5.69 Å². The number of nitrogens with zero attached hydrogens (tertiary/aromatic N) is 3. The van der Waals surface area contributed by atoms with E-state index in [0.717, 1.165) is 36.9 Å². The van der Waals surface area contributed by atoms with Crippen LogP contribution in [0.25, 0.3) is 0 Å². The SMILES string of the molecule is CCNC(=NCc1cccc([N+](=O)[O-])c1)N1CCSC(C)(C)C1. The van der Waals surface area contributed by atoms with Gasteiger partial charge in [-0.25, -0.2) is 4.99 Å². The fourth-order valence-corrected chi connectivity index (χ4v) is 3.67. The normalized spacial score (nSPS) is 17.9. The lowest BCUT2D eigenvalue weighted by molar-refractivity contribution is -0.384. The highest BCUT2D eigenvalue weighted by atomic mass is 32.2. The van der Waals surface area contributed by atoms with Crippen molar-refractivity contribution < 1.29 is 4.92 Å². The van der Waals surface area contributed by atoms with Crippen LogP contribution in [0.15, 0.2) is 29.3 Å². The minimum absolute atomic E-state index is 0.109. The van der Waals surface area contributed by atoms with Gasteiger partial charge in [-0.3, -0.25) is 10.1 Å². The van der Waals surface area contributed by atoms with Crippen LogP contribution in [0.2, 0.25) is 0 Å². The molecule has 0 aliphatic carbocycles. The van der Waals surface area contributed by atoms with Crippen molar-refractivity contribution in [2.45, 2.75) is 32.1 Å². The maximum Gasteiger partial charge on any atom is 0.269 e. The molecule has 1 saturated heterocycles. The van der Waals surface area contributed by atoms with Gasteiger partial charge in [-0.15, -0.1) is 0 Å². The van der Waals surface area contributed by atoms with E-state index in [9.17, 15) is 10.1 Å². The third-order valence-corrected chi connectivity index (χ3v) is 4.89. The Morgan fingerprint density at radius 3 is 2.96 bits per heavy atom. The Bertz CT molecular complexity index is 589. The average Bonchev–Trinajstić information content (AvgIpc) is 2.50. The van der Waals surface area contributed by atoms with Crippen molar-refractivity contribution in [2.75, 3.05) is 25.4 Å². The number of hydrogen-bond acceptors (Lipinski definition) is 4. The molecule has 2 rings (SSSR count). The average molecular weight is 336 g/mol. The summed E-state index contributed by atoms with van der Waals surface area (Å²) in [4.78, 5) is 17.4. The molecule has 0 spiro atoms. The van der Waals surface area contributed by atoms with Gasteiger partial charge in [0.15, 0.2) is 5.96 Å². The molecule has 1 fully saturated rings. The van der Waals surface area contributed by atoms with E-state index < -0.39 is 0 Å². The Kier molecular flexibility index (Phi) is 5.87. The zero-order chi connectivity index (χ0) is 16.9. The van der Waals surface area contributed by atoms with Gasteiger partial charge in [0.25, 0.3) is 5.69 Å². The minimum atomic E-state index is -0.372. The molecule has 1 aromatic rings. The molecule has 1 aliphatic rings. The van der Waals surface area contributed by atoms with Crippen molar-refractivity contribution in [3.8, 4) is 0 Å². The molecule has 23 heavy (non-hydrogen) atoms. The lowest BCUT2D eigenvalue weighted by Crippen LogP contribution is -2.50. The fourth-order valence-electron chi connectivity index (χ4n) is 2.56. The number of nitrogens with one attached hydrogen (secondary N) is 1. The van der Waals surface area contributed by atoms with Crippen molar-refractivity contribution in [2.24, 2.45) is 4.99 Å². The first-order valence-corrected chi connectivity index (χ1v) is 8.80. The Labute approximate surface area is 141 Å². The molecule has 1 aromatic carbocycles. The molecular weight excluding hydrogens is 312 g/mol. The summed E-state index contributed by atoms with van der Waals surface area (Å²) in [7, 11) is 0. The van der Waals surface area contributed by atoms with Gasteiger partial charge in [0.2, 0.25) is 0 Å². The second-order valence-corrected chi connectivity index (χ2v) is 7.93. The van der Waals surface area contributed by atoms with Crippen LogP contribution in [0.1, 0.15) is 26.3 Å². The molecule has 7 heteroatoms. The van der Waals surface area contributed by atoms with E-state index in [4.69, 9.17) is 0 Å². The molecule has 0 bridgehead atoms. The van der Waals surface area contributed by atoms with Crippen molar-refractivity contribution in [3.63, 3.8) is 0 Å². The molecule has 1 heterocycles. The van der Waals surface area contributed by atoms with Crippen LogP contribution in [0, 0.1) is 10.1 Å². The van der Waals surface area contributed by atoms with Gasteiger partial charge in [-0.05, 0) is 26.3 Å². The molecule has 0 radical (unpaired) electrons. The van der Waals surface area contributed by atoms with Gasteiger partial charge >= 0.3 is 0 Å². The van der Waals surface area contributed by atoms with Gasteiger partial charge in [0, 0.05) is 42.3 Å². The predicted octanol–water partition coefficient (Wildman–Crippen LogP) is 2.89. The second-order valence-electron chi connectivity index (χ2n) is 6.13. The number of guanidine groups is 1. The van der Waals surface area contributed by atoms with E-state index in [0.29, 0.717) is 6.54 Å². The molecule has 0 atom stereocenters. The van der Waals surface area contributed by atoms with Gasteiger partial charge < -0.3 is 10.2 Å². The van der Waals surface area contributed by atoms with E-state index in [1.165, 1.54) is 6.07 Å².